The topological polar surface area (TPSA) is 84.1 Å². The van der Waals surface area contributed by atoms with Crippen LogP contribution in [0.15, 0.2) is 29.1 Å². The van der Waals surface area contributed by atoms with Gasteiger partial charge in [0.05, 0.1) is 11.0 Å². The number of H-pyrrole nitrogens is 1. The molecule has 0 atom stereocenters. The number of imidazole rings is 1. The van der Waals surface area contributed by atoms with E-state index in [4.69, 9.17) is 5.73 Å². The van der Waals surface area contributed by atoms with Gasteiger partial charge >= 0.3 is 5.69 Å². The van der Waals surface area contributed by atoms with Crippen LogP contribution in [0.25, 0.3) is 11.0 Å². The van der Waals surface area contributed by atoms with E-state index in [1.165, 1.54) is 0 Å². The molecule has 1 aromatic carbocycles. The van der Waals surface area contributed by atoms with Crippen LogP contribution in [0, 0.1) is 0 Å². The minimum atomic E-state index is -0.0610. The third-order valence-electron chi connectivity index (χ3n) is 4.40. The Morgan fingerprint density at radius 3 is 2.73 bits per heavy atom. The molecule has 6 nitrogen and oxygen atoms in total. The van der Waals surface area contributed by atoms with Crippen molar-refractivity contribution in [2.75, 3.05) is 19.6 Å². The van der Waals surface area contributed by atoms with Crippen LogP contribution in [0.5, 0.6) is 0 Å². The van der Waals surface area contributed by atoms with Crippen molar-refractivity contribution in [3.8, 4) is 0 Å². The number of aromatic nitrogens is 2. The molecule has 2 aromatic rings. The van der Waals surface area contributed by atoms with Crippen molar-refractivity contribution in [3.05, 3.63) is 34.7 Å². The number of rotatable bonds is 4. The van der Waals surface area contributed by atoms with Gasteiger partial charge in [0.2, 0.25) is 5.91 Å². The summed E-state index contributed by atoms with van der Waals surface area (Å²) >= 11 is 0. The van der Waals surface area contributed by atoms with Crippen molar-refractivity contribution < 1.29 is 4.79 Å². The summed E-state index contributed by atoms with van der Waals surface area (Å²) in [6.07, 6.45) is 2.89. The fourth-order valence-electron chi connectivity index (χ4n) is 3.22. The van der Waals surface area contributed by atoms with Gasteiger partial charge in [-0.15, -0.1) is 0 Å². The predicted molar refractivity (Wildman–Crippen MR) is 85.7 cm³/mol. The average molecular weight is 302 g/mol. The average Bonchev–Trinajstić information content (AvgIpc) is 2.88. The molecular weight excluding hydrogens is 280 g/mol. The van der Waals surface area contributed by atoms with Gasteiger partial charge in [0.25, 0.3) is 0 Å². The lowest BCUT2D eigenvalue weighted by molar-refractivity contribution is -0.132. The first-order chi connectivity index (χ1) is 10.7. The number of amides is 1. The van der Waals surface area contributed by atoms with Crippen molar-refractivity contribution in [3.63, 3.8) is 0 Å². The Hall–Kier alpha value is -2.08. The van der Waals surface area contributed by atoms with E-state index in [-0.39, 0.29) is 17.6 Å². The van der Waals surface area contributed by atoms with Crippen LogP contribution in [0.1, 0.15) is 31.7 Å². The summed E-state index contributed by atoms with van der Waals surface area (Å²) in [5.41, 5.74) is 7.20. The minimum absolute atomic E-state index is 0.0610. The summed E-state index contributed by atoms with van der Waals surface area (Å²) in [7, 11) is 0. The highest BCUT2D eigenvalue weighted by molar-refractivity contribution is 5.76. The van der Waals surface area contributed by atoms with Gasteiger partial charge in [0.15, 0.2) is 0 Å². The fourth-order valence-corrected chi connectivity index (χ4v) is 3.22. The summed E-state index contributed by atoms with van der Waals surface area (Å²) in [4.78, 5) is 29.0. The fraction of sp³-hybridized carbons (Fsp3) is 0.500. The quantitative estimate of drug-likeness (QED) is 0.891. The number of nitrogens with one attached hydrogen (secondary N) is 1. The number of hydrogen-bond acceptors (Lipinski definition) is 3. The molecule has 0 unspecified atom stereocenters. The maximum Gasteiger partial charge on any atom is 0.326 e. The second-order valence-electron chi connectivity index (χ2n) is 5.82. The Labute approximate surface area is 128 Å². The molecule has 22 heavy (non-hydrogen) atoms. The van der Waals surface area contributed by atoms with E-state index >= 15 is 0 Å². The third-order valence-corrected chi connectivity index (χ3v) is 4.40. The molecule has 0 saturated carbocycles. The number of aromatic amines is 1. The molecule has 6 heteroatoms. The van der Waals surface area contributed by atoms with E-state index in [0.717, 1.165) is 30.3 Å². The number of fused-ring (bicyclic) bond motifs is 1. The molecule has 1 aromatic heterocycles. The molecule has 1 saturated heterocycles. The Morgan fingerprint density at radius 1 is 1.27 bits per heavy atom. The number of nitrogens with two attached hydrogens (primary N) is 1. The number of carbonyl (C=O) groups excluding carboxylic acids is 1. The van der Waals surface area contributed by atoms with E-state index in [0.29, 0.717) is 26.1 Å². The molecule has 118 valence electrons. The van der Waals surface area contributed by atoms with Crippen LogP contribution < -0.4 is 11.4 Å². The molecule has 1 fully saturated rings. The van der Waals surface area contributed by atoms with Gasteiger partial charge in [-0.25, -0.2) is 4.79 Å². The van der Waals surface area contributed by atoms with Crippen LogP contribution in [-0.4, -0.2) is 40.0 Å². The Morgan fingerprint density at radius 2 is 2.00 bits per heavy atom. The lowest BCUT2D eigenvalue weighted by Gasteiger charge is -2.32. The van der Waals surface area contributed by atoms with Crippen LogP contribution in [0.2, 0.25) is 0 Å². The number of para-hydroxylation sites is 2. The van der Waals surface area contributed by atoms with E-state index in [1.54, 1.807) is 0 Å². The SMILES string of the molecule is NCCCC(=O)N1CCC(n2c(=O)[nH]c3ccccc32)CC1. The molecule has 0 bridgehead atoms. The lowest BCUT2D eigenvalue weighted by atomic mass is 10.0. The summed E-state index contributed by atoms with van der Waals surface area (Å²) in [6.45, 7) is 1.97. The van der Waals surface area contributed by atoms with Crippen molar-refractivity contribution in [1.29, 1.82) is 0 Å². The molecule has 0 aliphatic carbocycles. The normalized spacial score (nSPS) is 16.3. The Bertz CT molecular complexity index is 710. The van der Waals surface area contributed by atoms with Crippen LogP contribution in [0.3, 0.4) is 0 Å². The van der Waals surface area contributed by atoms with Gasteiger partial charge in [-0.2, -0.15) is 0 Å². The second-order valence-corrected chi connectivity index (χ2v) is 5.82. The summed E-state index contributed by atoms with van der Waals surface area (Å²) in [6, 6.07) is 7.89. The smallest absolute Gasteiger partial charge is 0.326 e. The van der Waals surface area contributed by atoms with Crippen LogP contribution in [0.4, 0.5) is 0 Å². The standard InChI is InChI=1S/C16H22N4O2/c17-9-3-6-15(21)19-10-7-12(8-11-19)20-14-5-2-1-4-13(14)18-16(20)22/h1-2,4-5,12H,3,6-11,17H2,(H,18,22). The van der Waals surface area contributed by atoms with Gasteiger partial charge in [0.1, 0.15) is 0 Å². The molecule has 1 amide bonds. The maximum absolute atomic E-state index is 12.2. The van der Waals surface area contributed by atoms with Gasteiger partial charge in [-0.3, -0.25) is 9.36 Å². The zero-order valence-electron chi connectivity index (χ0n) is 12.6. The molecule has 1 aliphatic heterocycles. The number of hydrogen-bond donors (Lipinski definition) is 2. The van der Waals surface area contributed by atoms with Gasteiger partial charge in [-0.05, 0) is 37.9 Å². The maximum atomic E-state index is 12.2. The summed E-state index contributed by atoms with van der Waals surface area (Å²) in [5.74, 6) is 0.176. The highest BCUT2D eigenvalue weighted by atomic mass is 16.2. The first-order valence-electron chi connectivity index (χ1n) is 7.88. The largest absolute Gasteiger partial charge is 0.343 e. The zero-order chi connectivity index (χ0) is 15.5. The number of nitrogens with zero attached hydrogens (tertiary/aromatic N) is 2. The molecule has 0 radical (unpaired) electrons. The summed E-state index contributed by atoms with van der Waals surface area (Å²) < 4.78 is 1.84. The van der Waals surface area contributed by atoms with Crippen LogP contribution >= 0.6 is 0 Å². The van der Waals surface area contributed by atoms with Crippen LogP contribution in [-0.2, 0) is 4.79 Å². The van der Waals surface area contributed by atoms with Crippen molar-refractivity contribution >= 4 is 16.9 Å². The third kappa shape index (κ3) is 2.78. The van der Waals surface area contributed by atoms with Crippen molar-refractivity contribution in [2.24, 2.45) is 5.73 Å². The van der Waals surface area contributed by atoms with E-state index < -0.39 is 0 Å². The number of likely N-dealkylation sites (tertiary alicyclic amines) is 1. The lowest BCUT2D eigenvalue weighted by Crippen LogP contribution is -2.40. The molecule has 3 rings (SSSR count). The highest BCUT2D eigenvalue weighted by Crippen LogP contribution is 2.25. The molecule has 2 heterocycles. The monoisotopic (exact) mass is 302 g/mol. The highest BCUT2D eigenvalue weighted by Gasteiger charge is 2.25. The second kappa shape index (κ2) is 6.36. The first kappa shape index (κ1) is 14.8. The number of benzene rings is 1. The molecule has 1 aliphatic rings. The molecular formula is C16H22N4O2. The Balaban J connectivity index is 1.72. The van der Waals surface area contributed by atoms with Gasteiger partial charge in [0, 0.05) is 25.6 Å². The molecule has 0 spiro atoms. The number of piperidine rings is 1. The van der Waals surface area contributed by atoms with Crippen molar-refractivity contribution in [1.82, 2.24) is 14.5 Å². The molecule has 3 N–H and O–H groups in total. The minimum Gasteiger partial charge on any atom is -0.343 e. The zero-order valence-corrected chi connectivity index (χ0v) is 12.6. The van der Waals surface area contributed by atoms with Gasteiger partial charge in [-0.1, -0.05) is 12.1 Å². The van der Waals surface area contributed by atoms with E-state index in [9.17, 15) is 9.59 Å². The van der Waals surface area contributed by atoms with E-state index in [1.807, 2.05) is 33.7 Å². The Kier molecular flexibility index (Phi) is 4.29. The summed E-state index contributed by atoms with van der Waals surface area (Å²) in [5, 5.41) is 0. The van der Waals surface area contributed by atoms with E-state index in [2.05, 4.69) is 4.98 Å². The number of carbonyl (C=O) groups is 1. The van der Waals surface area contributed by atoms with Gasteiger partial charge < -0.3 is 15.6 Å². The first-order valence-corrected chi connectivity index (χ1v) is 7.88. The predicted octanol–water partition coefficient (Wildman–Crippen LogP) is 1.23. The van der Waals surface area contributed by atoms with Crippen molar-refractivity contribution in [2.45, 2.75) is 31.7 Å².